The average Bonchev–Trinajstić information content (AvgIpc) is 2.70. The molecule has 2 amide bonds. The van der Waals surface area contributed by atoms with Crippen LogP contribution in [0.4, 0.5) is 0 Å². The summed E-state index contributed by atoms with van der Waals surface area (Å²) in [5, 5.41) is 2.49. The number of hydrazine groups is 1. The molecule has 2 rings (SSSR count). The second-order valence-electron chi connectivity index (χ2n) is 5.80. The van der Waals surface area contributed by atoms with E-state index in [0.717, 1.165) is 5.56 Å². The molecule has 0 saturated carbocycles. The number of amides is 2. The zero-order valence-corrected chi connectivity index (χ0v) is 16.6. The average molecular weight is 401 g/mol. The Kier molecular flexibility index (Phi) is 8.38. The lowest BCUT2D eigenvalue weighted by atomic mass is 10.1. The molecule has 2 aromatic rings. The minimum Gasteiger partial charge on any atom is -0.491 e. The van der Waals surface area contributed by atoms with E-state index >= 15 is 0 Å². The minimum absolute atomic E-state index is 0.0111. The van der Waals surface area contributed by atoms with Crippen molar-refractivity contribution in [2.24, 2.45) is 0 Å². The maximum absolute atomic E-state index is 12.2. The van der Waals surface area contributed by atoms with Gasteiger partial charge >= 0.3 is 0 Å². The number of benzene rings is 2. The van der Waals surface area contributed by atoms with E-state index in [4.69, 9.17) is 21.7 Å². The predicted molar refractivity (Wildman–Crippen MR) is 110 cm³/mol. The Morgan fingerprint density at radius 2 is 1.71 bits per heavy atom. The Labute approximate surface area is 169 Å². The van der Waals surface area contributed by atoms with Crippen molar-refractivity contribution in [1.29, 1.82) is 0 Å². The number of rotatable bonds is 7. The van der Waals surface area contributed by atoms with Crippen molar-refractivity contribution >= 4 is 29.1 Å². The van der Waals surface area contributed by atoms with Crippen LogP contribution in [0.15, 0.2) is 48.5 Å². The van der Waals surface area contributed by atoms with E-state index in [9.17, 15) is 9.59 Å². The molecule has 0 saturated heterocycles. The lowest BCUT2D eigenvalue weighted by Crippen LogP contribution is -2.48. The third-order valence-electron chi connectivity index (χ3n) is 3.61. The SMILES string of the molecule is CCOCCOc1ccc(C(=O)NC(=S)NNC(=O)c2cccc(C)c2)cc1. The Morgan fingerprint density at radius 1 is 0.964 bits per heavy atom. The molecule has 28 heavy (non-hydrogen) atoms. The fourth-order valence-corrected chi connectivity index (χ4v) is 2.39. The van der Waals surface area contributed by atoms with Crippen molar-refractivity contribution in [3.63, 3.8) is 0 Å². The van der Waals surface area contributed by atoms with Crippen molar-refractivity contribution in [2.45, 2.75) is 13.8 Å². The maximum atomic E-state index is 12.2. The van der Waals surface area contributed by atoms with Crippen LogP contribution in [-0.2, 0) is 4.74 Å². The van der Waals surface area contributed by atoms with Crippen LogP contribution in [-0.4, -0.2) is 36.7 Å². The van der Waals surface area contributed by atoms with Crippen LogP contribution in [0.2, 0.25) is 0 Å². The quantitative estimate of drug-likeness (QED) is 0.375. The monoisotopic (exact) mass is 401 g/mol. The minimum atomic E-state index is -0.400. The Hall–Kier alpha value is -2.97. The molecule has 2 aromatic carbocycles. The molecule has 0 aliphatic heterocycles. The van der Waals surface area contributed by atoms with Crippen molar-refractivity contribution in [3.05, 3.63) is 65.2 Å². The number of hydrogen-bond acceptors (Lipinski definition) is 5. The summed E-state index contributed by atoms with van der Waals surface area (Å²) in [6, 6.07) is 13.7. The molecule has 0 spiro atoms. The Balaban J connectivity index is 1.78. The highest BCUT2D eigenvalue weighted by Gasteiger charge is 2.10. The van der Waals surface area contributed by atoms with Gasteiger partial charge in [-0.15, -0.1) is 0 Å². The van der Waals surface area contributed by atoms with Gasteiger partial charge in [-0.05, 0) is 62.5 Å². The zero-order chi connectivity index (χ0) is 20.4. The standard InChI is InChI=1S/C20H23N3O4S/c1-3-26-11-12-27-17-9-7-15(8-10-17)18(24)21-20(28)23-22-19(25)16-6-4-5-14(2)13-16/h4-10,13H,3,11-12H2,1-2H3,(H,22,25)(H2,21,23,24,28). The van der Waals surface area contributed by atoms with E-state index in [1.807, 2.05) is 19.9 Å². The molecular weight excluding hydrogens is 378 g/mol. The van der Waals surface area contributed by atoms with Gasteiger partial charge < -0.3 is 9.47 Å². The zero-order valence-electron chi connectivity index (χ0n) is 15.8. The van der Waals surface area contributed by atoms with Gasteiger partial charge in [0.2, 0.25) is 0 Å². The number of ether oxygens (including phenoxy) is 2. The van der Waals surface area contributed by atoms with Crippen LogP contribution in [0.1, 0.15) is 33.2 Å². The van der Waals surface area contributed by atoms with Gasteiger partial charge in [-0.25, -0.2) is 0 Å². The summed E-state index contributed by atoms with van der Waals surface area (Å²) in [5.74, 6) is -0.112. The van der Waals surface area contributed by atoms with Crippen LogP contribution in [0.5, 0.6) is 5.75 Å². The largest absolute Gasteiger partial charge is 0.491 e. The summed E-state index contributed by atoms with van der Waals surface area (Å²) in [4.78, 5) is 24.3. The van der Waals surface area contributed by atoms with E-state index in [1.54, 1.807) is 42.5 Å². The van der Waals surface area contributed by atoms with Crippen molar-refractivity contribution in [2.75, 3.05) is 19.8 Å². The fraction of sp³-hybridized carbons (Fsp3) is 0.250. The van der Waals surface area contributed by atoms with Crippen LogP contribution < -0.4 is 20.9 Å². The molecule has 0 heterocycles. The number of carbonyl (C=O) groups is 2. The van der Waals surface area contributed by atoms with Gasteiger partial charge in [-0.3, -0.25) is 25.8 Å². The summed E-state index contributed by atoms with van der Waals surface area (Å²) in [5.41, 5.74) is 6.82. The molecule has 0 atom stereocenters. The molecule has 0 aromatic heterocycles. The van der Waals surface area contributed by atoms with Gasteiger partial charge in [0.1, 0.15) is 12.4 Å². The second kappa shape index (κ2) is 11.0. The molecular formula is C20H23N3O4S. The summed E-state index contributed by atoms with van der Waals surface area (Å²) in [6.07, 6.45) is 0. The van der Waals surface area contributed by atoms with Crippen molar-refractivity contribution in [1.82, 2.24) is 16.2 Å². The normalized spacial score (nSPS) is 10.1. The van der Waals surface area contributed by atoms with Gasteiger partial charge in [0, 0.05) is 17.7 Å². The highest BCUT2D eigenvalue weighted by Crippen LogP contribution is 2.12. The third-order valence-corrected chi connectivity index (χ3v) is 3.82. The molecule has 8 heteroatoms. The fourth-order valence-electron chi connectivity index (χ4n) is 2.24. The summed E-state index contributed by atoms with van der Waals surface area (Å²) >= 11 is 5.04. The van der Waals surface area contributed by atoms with E-state index in [-0.39, 0.29) is 11.0 Å². The number of carbonyl (C=O) groups excluding carboxylic acids is 2. The Bertz CT molecular complexity index is 824. The van der Waals surface area contributed by atoms with E-state index in [0.29, 0.717) is 36.7 Å². The number of nitrogens with one attached hydrogen (secondary N) is 3. The summed E-state index contributed by atoms with van der Waals surface area (Å²) in [7, 11) is 0. The second-order valence-corrected chi connectivity index (χ2v) is 6.21. The lowest BCUT2D eigenvalue weighted by Gasteiger charge is -2.11. The molecule has 148 valence electrons. The first-order valence-electron chi connectivity index (χ1n) is 8.78. The molecule has 0 bridgehead atoms. The highest BCUT2D eigenvalue weighted by atomic mass is 32.1. The summed E-state index contributed by atoms with van der Waals surface area (Å²) in [6.45, 7) is 5.40. The summed E-state index contributed by atoms with van der Waals surface area (Å²) < 4.78 is 10.7. The van der Waals surface area contributed by atoms with Gasteiger partial charge in [0.25, 0.3) is 11.8 Å². The topological polar surface area (TPSA) is 88.7 Å². The molecule has 0 aliphatic rings. The van der Waals surface area contributed by atoms with Crippen molar-refractivity contribution in [3.8, 4) is 5.75 Å². The molecule has 0 radical (unpaired) electrons. The first-order valence-corrected chi connectivity index (χ1v) is 9.19. The van der Waals surface area contributed by atoms with E-state index in [1.165, 1.54) is 0 Å². The smallest absolute Gasteiger partial charge is 0.269 e. The van der Waals surface area contributed by atoms with Crippen LogP contribution in [0.3, 0.4) is 0 Å². The molecule has 7 nitrogen and oxygen atoms in total. The lowest BCUT2D eigenvalue weighted by molar-refractivity contribution is 0.0934. The molecule has 0 aliphatic carbocycles. The van der Waals surface area contributed by atoms with Crippen LogP contribution >= 0.6 is 12.2 Å². The van der Waals surface area contributed by atoms with Gasteiger partial charge in [0.15, 0.2) is 5.11 Å². The number of thiocarbonyl (C=S) groups is 1. The van der Waals surface area contributed by atoms with Gasteiger partial charge in [-0.2, -0.15) is 0 Å². The molecule has 0 unspecified atom stereocenters. The first-order chi connectivity index (χ1) is 13.5. The predicted octanol–water partition coefficient (Wildman–Crippen LogP) is 2.36. The third kappa shape index (κ3) is 6.98. The van der Waals surface area contributed by atoms with Gasteiger partial charge in [-0.1, -0.05) is 17.7 Å². The molecule has 0 fully saturated rings. The van der Waals surface area contributed by atoms with E-state index < -0.39 is 5.91 Å². The van der Waals surface area contributed by atoms with Crippen LogP contribution in [0, 0.1) is 6.92 Å². The van der Waals surface area contributed by atoms with Crippen molar-refractivity contribution < 1.29 is 19.1 Å². The maximum Gasteiger partial charge on any atom is 0.269 e. The molecule has 3 N–H and O–H groups in total. The van der Waals surface area contributed by atoms with Crippen LogP contribution in [0.25, 0.3) is 0 Å². The number of aryl methyl sites for hydroxylation is 1. The highest BCUT2D eigenvalue weighted by molar-refractivity contribution is 7.80. The van der Waals surface area contributed by atoms with E-state index in [2.05, 4.69) is 16.2 Å². The Morgan fingerprint density at radius 3 is 2.39 bits per heavy atom. The van der Waals surface area contributed by atoms with Gasteiger partial charge in [0.05, 0.1) is 6.61 Å². The first kappa shape index (κ1) is 21.3. The number of hydrogen-bond donors (Lipinski definition) is 3.